The number of unbranched alkanes of at least 4 members (excludes halogenated alkanes) is 16. The van der Waals surface area contributed by atoms with Gasteiger partial charge in [0.2, 0.25) is 5.91 Å². The second kappa shape index (κ2) is 32.4. The van der Waals surface area contributed by atoms with E-state index in [1.54, 1.807) is 0 Å². The number of nitrogens with one attached hydrogen (secondary N) is 1. The third-order valence-electron chi connectivity index (χ3n) is 7.38. The van der Waals surface area contributed by atoms with Crippen molar-refractivity contribution in [3.63, 3.8) is 0 Å². The van der Waals surface area contributed by atoms with Crippen LogP contribution >= 0.6 is 7.82 Å². The lowest BCUT2D eigenvalue weighted by atomic mass is 10.1. The molecule has 2 atom stereocenters. The van der Waals surface area contributed by atoms with E-state index in [0.717, 1.165) is 57.8 Å². The summed E-state index contributed by atoms with van der Waals surface area (Å²) in [5.41, 5.74) is 0. The van der Waals surface area contributed by atoms with E-state index in [1.807, 2.05) is 0 Å². The lowest BCUT2D eigenvalue weighted by molar-refractivity contribution is -0.147. The lowest BCUT2D eigenvalue weighted by Gasteiger charge is -2.15. The number of phosphoric acid groups is 1. The van der Waals surface area contributed by atoms with Gasteiger partial charge >= 0.3 is 13.8 Å². The average Bonchev–Trinajstić information content (AvgIpc) is 3.02. The summed E-state index contributed by atoms with van der Waals surface area (Å²) in [6.45, 7) is 3.43. The fourth-order valence-corrected chi connectivity index (χ4v) is 5.40. The summed E-state index contributed by atoms with van der Waals surface area (Å²) in [7, 11) is -4.40. The zero-order valence-corrected chi connectivity index (χ0v) is 29.5. The zero-order valence-electron chi connectivity index (χ0n) is 28.6. The molecule has 1 amide bonds. The molecular weight excluding hydrogens is 593 g/mol. The lowest BCUT2D eigenvalue weighted by Crippen LogP contribution is -2.27. The largest absolute Gasteiger partial charge is 0.472 e. The Morgan fingerprint density at radius 3 is 1.80 bits per heavy atom. The van der Waals surface area contributed by atoms with Crippen LogP contribution in [0.2, 0.25) is 0 Å². The standard InChI is InChI=1S/C35H66NO8P/c1-3-5-7-9-11-12-13-14-15-16-17-18-19-20-21-22-23-25-27-34(38)36-29-30-43-45(40,41)44-32-33(37)31-42-35(39)28-26-24-10-8-6-4-2/h12-13,15-16,33,37H,3-11,14,17-32H2,1-2H3,(H,36,38)(H,40,41)/b13-12-,16-15-. The van der Waals surface area contributed by atoms with E-state index >= 15 is 0 Å². The molecule has 0 aliphatic rings. The van der Waals surface area contributed by atoms with Crippen LogP contribution in [0.15, 0.2) is 24.3 Å². The maximum absolute atomic E-state index is 12.0. The molecule has 0 saturated carbocycles. The van der Waals surface area contributed by atoms with Crippen LogP contribution in [0, 0.1) is 0 Å². The summed E-state index contributed by atoms with van der Waals surface area (Å²) in [6, 6.07) is 0. The minimum absolute atomic E-state index is 0.0785. The van der Waals surface area contributed by atoms with E-state index < -0.39 is 26.5 Å². The van der Waals surface area contributed by atoms with E-state index in [2.05, 4.69) is 43.5 Å². The summed E-state index contributed by atoms with van der Waals surface area (Å²) in [4.78, 5) is 33.5. The first-order chi connectivity index (χ1) is 21.8. The number of aliphatic hydroxyl groups is 1. The fraction of sp³-hybridized carbons (Fsp3) is 0.829. The Balaban J connectivity index is 3.61. The van der Waals surface area contributed by atoms with Crippen molar-refractivity contribution in [1.29, 1.82) is 0 Å². The van der Waals surface area contributed by atoms with Gasteiger partial charge in [-0.1, -0.05) is 122 Å². The zero-order chi connectivity index (χ0) is 33.3. The highest BCUT2D eigenvalue weighted by molar-refractivity contribution is 7.47. The maximum atomic E-state index is 12.0. The summed E-state index contributed by atoms with van der Waals surface area (Å²) < 4.78 is 26.6. The number of amides is 1. The van der Waals surface area contributed by atoms with Gasteiger partial charge in [0.15, 0.2) is 0 Å². The van der Waals surface area contributed by atoms with Gasteiger partial charge in [-0.05, 0) is 44.9 Å². The molecule has 0 aromatic carbocycles. The fourth-order valence-electron chi connectivity index (χ4n) is 4.64. The number of hydrogen-bond acceptors (Lipinski definition) is 7. The molecule has 45 heavy (non-hydrogen) atoms. The molecule has 0 fully saturated rings. The molecule has 0 aromatic rings. The Kier molecular flexibility index (Phi) is 31.3. The van der Waals surface area contributed by atoms with Crippen LogP contribution in [0.3, 0.4) is 0 Å². The Morgan fingerprint density at radius 2 is 1.20 bits per heavy atom. The van der Waals surface area contributed by atoms with Crippen LogP contribution in [0.1, 0.15) is 155 Å². The van der Waals surface area contributed by atoms with Gasteiger partial charge in [0.05, 0.1) is 13.2 Å². The van der Waals surface area contributed by atoms with Gasteiger partial charge in [0.25, 0.3) is 0 Å². The molecule has 0 aliphatic heterocycles. The molecule has 0 saturated heterocycles. The monoisotopic (exact) mass is 659 g/mol. The molecule has 0 rings (SSSR count). The number of phosphoric ester groups is 1. The second-order valence-corrected chi connectivity index (χ2v) is 13.3. The van der Waals surface area contributed by atoms with Crippen molar-refractivity contribution < 1.29 is 37.9 Å². The number of carbonyl (C=O) groups is 2. The first-order valence-electron chi connectivity index (χ1n) is 17.8. The van der Waals surface area contributed by atoms with Crippen molar-refractivity contribution in [2.24, 2.45) is 0 Å². The van der Waals surface area contributed by atoms with E-state index in [-0.39, 0.29) is 32.1 Å². The van der Waals surface area contributed by atoms with Crippen molar-refractivity contribution in [2.45, 2.75) is 161 Å². The number of hydrogen-bond donors (Lipinski definition) is 3. The molecule has 0 bridgehead atoms. The van der Waals surface area contributed by atoms with Gasteiger partial charge in [0.1, 0.15) is 12.7 Å². The first-order valence-corrected chi connectivity index (χ1v) is 19.3. The van der Waals surface area contributed by atoms with Gasteiger partial charge in [-0.15, -0.1) is 0 Å². The highest BCUT2D eigenvalue weighted by atomic mass is 31.2. The minimum atomic E-state index is -4.40. The number of esters is 1. The number of ether oxygens (including phenoxy) is 1. The third kappa shape index (κ3) is 33.7. The molecule has 2 unspecified atom stereocenters. The van der Waals surface area contributed by atoms with Crippen molar-refractivity contribution in [3.8, 4) is 0 Å². The summed E-state index contributed by atoms with van der Waals surface area (Å²) in [5, 5.41) is 12.5. The Morgan fingerprint density at radius 1 is 0.689 bits per heavy atom. The van der Waals surface area contributed by atoms with Gasteiger partial charge in [-0.2, -0.15) is 0 Å². The SMILES string of the molecule is CCCCCC/C=C\C/C=C\CCCCCCCCCC(=O)NCCOP(=O)(O)OCC(O)COC(=O)CCCCCCCC. The molecule has 0 aromatic heterocycles. The van der Waals surface area contributed by atoms with Crippen molar-refractivity contribution in [3.05, 3.63) is 24.3 Å². The van der Waals surface area contributed by atoms with Crippen LogP contribution in [-0.2, 0) is 27.9 Å². The van der Waals surface area contributed by atoms with Gasteiger partial charge in [0, 0.05) is 19.4 Å². The van der Waals surface area contributed by atoms with Crippen LogP contribution in [0.25, 0.3) is 0 Å². The van der Waals surface area contributed by atoms with Gasteiger partial charge < -0.3 is 20.1 Å². The predicted molar refractivity (Wildman–Crippen MR) is 183 cm³/mol. The molecule has 0 radical (unpaired) electrons. The van der Waals surface area contributed by atoms with Crippen LogP contribution in [0.4, 0.5) is 0 Å². The molecular formula is C35H66NO8P. The van der Waals surface area contributed by atoms with Crippen molar-refractivity contribution >= 4 is 19.7 Å². The summed E-state index contributed by atoms with van der Waals surface area (Å²) in [6.07, 6.45) is 31.4. The number of allylic oxidation sites excluding steroid dienone is 4. The van der Waals surface area contributed by atoms with Crippen LogP contribution < -0.4 is 5.32 Å². The van der Waals surface area contributed by atoms with E-state index in [0.29, 0.717) is 6.42 Å². The highest BCUT2D eigenvalue weighted by Crippen LogP contribution is 2.42. The third-order valence-corrected chi connectivity index (χ3v) is 8.37. The second-order valence-electron chi connectivity index (χ2n) is 11.8. The number of carbonyl (C=O) groups excluding carboxylic acids is 2. The summed E-state index contributed by atoms with van der Waals surface area (Å²) >= 11 is 0. The number of aliphatic hydroxyl groups excluding tert-OH is 1. The minimum Gasteiger partial charge on any atom is -0.463 e. The van der Waals surface area contributed by atoms with Gasteiger partial charge in [-0.25, -0.2) is 4.57 Å². The first kappa shape index (κ1) is 43.5. The summed E-state index contributed by atoms with van der Waals surface area (Å²) in [5.74, 6) is -0.534. The van der Waals surface area contributed by atoms with Crippen LogP contribution in [0.5, 0.6) is 0 Å². The Hall–Kier alpha value is -1.51. The van der Waals surface area contributed by atoms with E-state index in [1.165, 1.54) is 70.6 Å². The molecule has 3 N–H and O–H groups in total. The molecule has 9 nitrogen and oxygen atoms in total. The molecule has 10 heteroatoms. The molecule has 0 heterocycles. The van der Waals surface area contributed by atoms with Gasteiger partial charge in [-0.3, -0.25) is 18.6 Å². The smallest absolute Gasteiger partial charge is 0.463 e. The Labute approximate surface area is 274 Å². The quantitative estimate of drug-likeness (QED) is 0.0276. The van der Waals surface area contributed by atoms with Crippen molar-refractivity contribution in [1.82, 2.24) is 5.32 Å². The Bertz CT molecular complexity index is 805. The predicted octanol–water partition coefficient (Wildman–Crippen LogP) is 8.87. The normalized spacial score (nSPS) is 13.8. The van der Waals surface area contributed by atoms with E-state index in [4.69, 9.17) is 13.8 Å². The van der Waals surface area contributed by atoms with Crippen LogP contribution in [-0.4, -0.2) is 54.3 Å². The molecule has 0 aliphatic carbocycles. The average molecular weight is 660 g/mol. The van der Waals surface area contributed by atoms with Crippen molar-refractivity contribution in [2.75, 3.05) is 26.4 Å². The maximum Gasteiger partial charge on any atom is 0.472 e. The topological polar surface area (TPSA) is 131 Å². The highest BCUT2D eigenvalue weighted by Gasteiger charge is 2.23. The molecule has 0 spiro atoms. The molecule has 264 valence electrons. The number of rotatable bonds is 33. The van der Waals surface area contributed by atoms with E-state index in [9.17, 15) is 24.2 Å².